The Balaban J connectivity index is 1.73. The van der Waals surface area contributed by atoms with Crippen LogP contribution in [0.2, 0.25) is 0 Å². The average Bonchev–Trinajstić information content (AvgIpc) is 2.94. The van der Waals surface area contributed by atoms with Crippen LogP contribution < -0.4 is 15.5 Å². The van der Waals surface area contributed by atoms with Gasteiger partial charge in [0.2, 0.25) is 10.7 Å². The van der Waals surface area contributed by atoms with Crippen molar-refractivity contribution in [2.45, 2.75) is 13.5 Å². The van der Waals surface area contributed by atoms with Gasteiger partial charge in [-0.1, -0.05) is 35.6 Å². The van der Waals surface area contributed by atoms with Crippen molar-refractivity contribution in [2.75, 3.05) is 0 Å². The second-order valence-electron chi connectivity index (χ2n) is 5.57. The second kappa shape index (κ2) is 7.31. The van der Waals surface area contributed by atoms with Crippen LogP contribution in [-0.2, 0) is 18.4 Å². The SMILES string of the molecule is CC(=O)NCc1ccc(C(=O)N/N=c2\sc3ccccc3n2C)cc1. The summed E-state index contributed by atoms with van der Waals surface area (Å²) >= 11 is 1.51. The molecule has 3 rings (SSSR count). The maximum absolute atomic E-state index is 12.2. The third-order valence-electron chi connectivity index (χ3n) is 3.73. The summed E-state index contributed by atoms with van der Waals surface area (Å²) in [5.41, 5.74) is 5.11. The molecule has 0 saturated carbocycles. The molecule has 2 aromatic carbocycles. The van der Waals surface area contributed by atoms with Crippen molar-refractivity contribution in [3.05, 3.63) is 64.5 Å². The molecule has 0 aliphatic heterocycles. The molecule has 7 heteroatoms. The number of aryl methyl sites for hydroxylation is 1. The zero-order valence-electron chi connectivity index (χ0n) is 13.9. The largest absolute Gasteiger partial charge is 0.352 e. The number of thiazole rings is 1. The second-order valence-corrected chi connectivity index (χ2v) is 6.58. The lowest BCUT2D eigenvalue weighted by Crippen LogP contribution is -2.23. The highest BCUT2D eigenvalue weighted by molar-refractivity contribution is 7.16. The van der Waals surface area contributed by atoms with Crippen molar-refractivity contribution in [1.82, 2.24) is 15.3 Å². The summed E-state index contributed by atoms with van der Waals surface area (Å²) < 4.78 is 3.05. The predicted octanol–water partition coefficient (Wildman–Crippen LogP) is 2.12. The first-order valence-corrected chi connectivity index (χ1v) is 8.58. The predicted molar refractivity (Wildman–Crippen MR) is 97.8 cm³/mol. The van der Waals surface area contributed by atoms with E-state index in [0.29, 0.717) is 12.1 Å². The average molecular weight is 354 g/mol. The van der Waals surface area contributed by atoms with Crippen LogP contribution in [0.1, 0.15) is 22.8 Å². The lowest BCUT2D eigenvalue weighted by atomic mass is 10.1. The Bertz CT molecular complexity index is 986. The number of carbonyl (C=O) groups is 2. The summed E-state index contributed by atoms with van der Waals surface area (Å²) in [5, 5.41) is 6.94. The van der Waals surface area contributed by atoms with Gasteiger partial charge in [0.25, 0.3) is 5.91 Å². The Morgan fingerprint density at radius 2 is 1.84 bits per heavy atom. The van der Waals surface area contributed by atoms with Gasteiger partial charge < -0.3 is 9.88 Å². The molecule has 0 unspecified atom stereocenters. The highest BCUT2D eigenvalue weighted by Gasteiger charge is 2.06. The minimum Gasteiger partial charge on any atom is -0.352 e. The molecule has 0 bridgehead atoms. The van der Waals surface area contributed by atoms with E-state index in [1.54, 1.807) is 12.1 Å². The number of nitrogens with zero attached hydrogens (tertiary/aromatic N) is 2. The Kier molecular flexibility index (Phi) is 4.95. The van der Waals surface area contributed by atoms with E-state index >= 15 is 0 Å². The highest BCUT2D eigenvalue weighted by Crippen LogP contribution is 2.14. The lowest BCUT2D eigenvalue weighted by molar-refractivity contribution is -0.119. The summed E-state index contributed by atoms with van der Waals surface area (Å²) in [6.45, 7) is 1.91. The van der Waals surface area contributed by atoms with E-state index < -0.39 is 0 Å². The van der Waals surface area contributed by atoms with Crippen molar-refractivity contribution < 1.29 is 9.59 Å². The van der Waals surface area contributed by atoms with Crippen LogP contribution >= 0.6 is 11.3 Å². The Labute approximate surface area is 148 Å². The van der Waals surface area contributed by atoms with E-state index in [-0.39, 0.29) is 11.8 Å². The number of rotatable bonds is 4. The molecule has 1 heterocycles. The maximum atomic E-state index is 12.2. The van der Waals surface area contributed by atoms with Gasteiger partial charge in [0, 0.05) is 26.1 Å². The van der Waals surface area contributed by atoms with E-state index in [9.17, 15) is 9.59 Å². The van der Waals surface area contributed by atoms with Crippen LogP contribution in [0.3, 0.4) is 0 Å². The lowest BCUT2D eigenvalue weighted by Gasteiger charge is -2.04. The molecule has 2 amide bonds. The molecule has 0 atom stereocenters. The molecule has 128 valence electrons. The van der Waals surface area contributed by atoms with Crippen molar-refractivity contribution in [2.24, 2.45) is 12.1 Å². The smallest absolute Gasteiger partial charge is 0.271 e. The molecule has 1 aromatic heterocycles. The van der Waals surface area contributed by atoms with Crippen LogP contribution in [0, 0.1) is 0 Å². The van der Waals surface area contributed by atoms with Crippen molar-refractivity contribution in [3.8, 4) is 0 Å². The standard InChI is InChI=1S/C18H18N4O2S/c1-12(23)19-11-13-7-9-14(10-8-13)17(24)20-21-18-22(2)15-5-3-4-6-16(15)25-18/h3-10H,11H2,1-2H3,(H,19,23)(H,20,24)/b21-18-. The molecular formula is C18H18N4O2S. The van der Waals surface area contributed by atoms with Gasteiger partial charge in [-0.3, -0.25) is 9.59 Å². The minimum absolute atomic E-state index is 0.0863. The summed E-state index contributed by atoms with van der Waals surface area (Å²) in [6.07, 6.45) is 0. The fourth-order valence-corrected chi connectivity index (χ4v) is 3.33. The molecule has 2 N–H and O–H groups in total. The molecule has 6 nitrogen and oxygen atoms in total. The Hall–Kier alpha value is -2.93. The number of para-hydroxylation sites is 1. The maximum Gasteiger partial charge on any atom is 0.271 e. The first-order chi connectivity index (χ1) is 12.0. The summed E-state index contributed by atoms with van der Waals surface area (Å²) in [7, 11) is 1.92. The van der Waals surface area contributed by atoms with Crippen LogP contribution in [-0.4, -0.2) is 16.4 Å². The van der Waals surface area contributed by atoms with Gasteiger partial charge in [-0.05, 0) is 29.8 Å². The van der Waals surface area contributed by atoms with Gasteiger partial charge in [0.15, 0.2) is 0 Å². The summed E-state index contributed by atoms with van der Waals surface area (Å²) in [5.74, 6) is -0.361. The zero-order chi connectivity index (χ0) is 17.8. The zero-order valence-corrected chi connectivity index (χ0v) is 14.8. The minimum atomic E-state index is -0.275. The third-order valence-corrected chi connectivity index (χ3v) is 4.84. The third kappa shape index (κ3) is 3.95. The van der Waals surface area contributed by atoms with Gasteiger partial charge in [0.1, 0.15) is 0 Å². The summed E-state index contributed by atoms with van der Waals surface area (Å²) in [6, 6.07) is 15.0. The van der Waals surface area contributed by atoms with Crippen LogP contribution in [0.25, 0.3) is 10.2 Å². The van der Waals surface area contributed by atoms with E-state index in [0.717, 1.165) is 20.6 Å². The van der Waals surface area contributed by atoms with Gasteiger partial charge >= 0.3 is 0 Å². The fourth-order valence-electron chi connectivity index (χ4n) is 2.35. The van der Waals surface area contributed by atoms with Crippen molar-refractivity contribution >= 4 is 33.4 Å². The fraction of sp³-hybridized carbons (Fsp3) is 0.167. The van der Waals surface area contributed by atoms with E-state index in [4.69, 9.17) is 0 Å². The van der Waals surface area contributed by atoms with Gasteiger partial charge in [-0.15, -0.1) is 5.10 Å². The molecule has 0 radical (unpaired) electrons. The Morgan fingerprint density at radius 1 is 1.12 bits per heavy atom. The van der Waals surface area contributed by atoms with Crippen LogP contribution in [0.5, 0.6) is 0 Å². The number of aromatic nitrogens is 1. The molecule has 0 saturated heterocycles. The van der Waals surface area contributed by atoms with E-state index in [1.807, 2.05) is 48.0 Å². The molecule has 3 aromatic rings. The number of nitrogens with one attached hydrogen (secondary N) is 2. The number of hydrogen-bond acceptors (Lipinski definition) is 4. The molecule has 0 fully saturated rings. The molecule has 0 spiro atoms. The number of amides is 2. The number of hydrogen-bond donors (Lipinski definition) is 2. The quantitative estimate of drug-likeness (QED) is 0.704. The van der Waals surface area contributed by atoms with Crippen molar-refractivity contribution in [3.63, 3.8) is 0 Å². The van der Waals surface area contributed by atoms with Gasteiger partial charge in [-0.2, -0.15) is 0 Å². The first kappa shape index (κ1) is 16.9. The Morgan fingerprint density at radius 3 is 2.52 bits per heavy atom. The number of fused-ring (bicyclic) bond motifs is 1. The number of carbonyl (C=O) groups excluding carboxylic acids is 2. The molecule has 25 heavy (non-hydrogen) atoms. The van der Waals surface area contributed by atoms with Crippen molar-refractivity contribution in [1.29, 1.82) is 0 Å². The highest BCUT2D eigenvalue weighted by atomic mass is 32.1. The monoisotopic (exact) mass is 354 g/mol. The number of benzene rings is 2. The van der Waals surface area contributed by atoms with Crippen LogP contribution in [0.15, 0.2) is 53.6 Å². The first-order valence-electron chi connectivity index (χ1n) is 7.76. The van der Waals surface area contributed by atoms with Gasteiger partial charge in [-0.25, -0.2) is 5.43 Å². The molecular weight excluding hydrogens is 336 g/mol. The van der Waals surface area contributed by atoms with E-state index in [2.05, 4.69) is 15.8 Å². The van der Waals surface area contributed by atoms with Gasteiger partial charge in [0.05, 0.1) is 10.2 Å². The normalized spacial score (nSPS) is 11.5. The topological polar surface area (TPSA) is 75.5 Å². The molecule has 0 aliphatic rings. The molecule has 0 aliphatic carbocycles. The summed E-state index contributed by atoms with van der Waals surface area (Å²) in [4.78, 5) is 23.9. The van der Waals surface area contributed by atoms with Crippen LogP contribution in [0.4, 0.5) is 0 Å². The van der Waals surface area contributed by atoms with E-state index in [1.165, 1.54) is 18.3 Å².